The third-order valence-electron chi connectivity index (χ3n) is 3.38. The van der Waals surface area contributed by atoms with Crippen LogP contribution in [0, 0.1) is 0 Å². The fourth-order valence-electron chi connectivity index (χ4n) is 2.14. The van der Waals surface area contributed by atoms with E-state index in [0.29, 0.717) is 18.9 Å². The van der Waals surface area contributed by atoms with E-state index in [-0.39, 0.29) is 11.9 Å². The van der Waals surface area contributed by atoms with Crippen LogP contribution in [0.25, 0.3) is 0 Å². The van der Waals surface area contributed by atoms with Crippen LogP contribution in [-0.2, 0) is 11.2 Å². The van der Waals surface area contributed by atoms with E-state index >= 15 is 0 Å². The molecule has 1 aromatic heterocycles. The molecule has 19 heavy (non-hydrogen) atoms. The summed E-state index contributed by atoms with van der Waals surface area (Å²) in [5, 5.41) is 0. The second-order valence-electron chi connectivity index (χ2n) is 4.80. The van der Waals surface area contributed by atoms with E-state index < -0.39 is 0 Å². The molecular formula is C13H20N4O2. The van der Waals surface area contributed by atoms with Crippen LogP contribution in [0.15, 0.2) is 12.4 Å². The Labute approximate surface area is 113 Å². The molecule has 2 heterocycles. The molecule has 104 valence electrons. The van der Waals surface area contributed by atoms with Crippen molar-refractivity contribution in [2.75, 3.05) is 20.2 Å². The van der Waals surface area contributed by atoms with Gasteiger partial charge in [-0.3, -0.25) is 4.79 Å². The predicted molar refractivity (Wildman–Crippen MR) is 70.7 cm³/mol. The standard InChI is InChI=1S/C13H20N4O2/c1-19-13-15-8-10(9-16-13)2-3-12(18)17-6-4-11(14)5-7-17/h8-9,11H,2-7,14H2,1H3. The summed E-state index contributed by atoms with van der Waals surface area (Å²) in [5.74, 6) is 0.183. The Morgan fingerprint density at radius 2 is 2.05 bits per heavy atom. The zero-order chi connectivity index (χ0) is 13.7. The number of likely N-dealkylation sites (tertiary alicyclic amines) is 1. The number of rotatable bonds is 4. The van der Waals surface area contributed by atoms with Gasteiger partial charge in [-0.25, -0.2) is 9.97 Å². The number of aryl methyl sites for hydroxylation is 1. The van der Waals surface area contributed by atoms with Gasteiger partial charge in [-0.1, -0.05) is 0 Å². The summed E-state index contributed by atoms with van der Waals surface area (Å²) in [6, 6.07) is 0.596. The summed E-state index contributed by atoms with van der Waals surface area (Å²) < 4.78 is 4.89. The van der Waals surface area contributed by atoms with E-state index in [2.05, 4.69) is 9.97 Å². The first-order chi connectivity index (χ1) is 9.19. The Bertz CT molecular complexity index is 413. The Kier molecular flexibility index (Phi) is 4.68. The SMILES string of the molecule is COc1ncc(CCC(=O)N2CCC(N)CC2)cn1. The Balaban J connectivity index is 1.79. The largest absolute Gasteiger partial charge is 0.467 e. The molecule has 0 radical (unpaired) electrons. The summed E-state index contributed by atoms with van der Waals surface area (Å²) in [4.78, 5) is 22.0. The third kappa shape index (κ3) is 3.89. The first-order valence-corrected chi connectivity index (χ1v) is 6.57. The average molecular weight is 264 g/mol. The molecule has 0 unspecified atom stereocenters. The molecule has 1 aliphatic heterocycles. The van der Waals surface area contributed by atoms with E-state index in [0.717, 1.165) is 31.5 Å². The van der Waals surface area contributed by atoms with Gasteiger partial charge in [-0.2, -0.15) is 0 Å². The predicted octanol–water partition coefficient (Wildman–Crippen LogP) is 0.368. The van der Waals surface area contributed by atoms with Crippen molar-refractivity contribution in [3.63, 3.8) is 0 Å². The highest BCUT2D eigenvalue weighted by Gasteiger charge is 2.20. The zero-order valence-corrected chi connectivity index (χ0v) is 11.2. The number of hydrogen-bond acceptors (Lipinski definition) is 5. The second kappa shape index (κ2) is 6.47. The fourth-order valence-corrected chi connectivity index (χ4v) is 2.14. The molecule has 0 saturated carbocycles. The van der Waals surface area contributed by atoms with Gasteiger partial charge >= 0.3 is 6.01 Å². The lowest BCUT2D eigenvalue weighted by Gasteiger charge is -2.30. The minimum Gasteiger partial charge on any atom is -0.467 e. The van der Waals surface area contributed by atoms with Crippen molar-refractivity contribution in [2.24, 2.45) is 5.73 Å². The van der Waals surface area contributed by atoms with Crippen molar-refractivity contribution >= 4 is 5.91 Å². The summed E-state index contributed by atoms with van der Waals surface area (Å²) in [5.41, 5.74) is 6.77. The molecule has 6 nitrogen and oxygen atoms in total. The lowest BCUT2D eigenvalue weighted by Crippen LogP contribution is -2.42. The summed E-state index contributed by atoms with van der Waals surface area (Å²) in [7, 11) is 1.53. The smallest absolute Gasteiger partial charge is 0.316 e. The molecule has 1 saturated heterocycles. The highest BCUT2D eigenvalue weighted by Crippen LogP contribution is 2.11. The van der Waals surface area contributed by atoms with Gasteiger partial charge in [0.25, 0.3) is 0 Å². The molecule has 0 spiro atoms. The maximum Gasteiger partial charge on any atom is 0.316 e. The maximum atomic E-state index is 12.0. The van der Waals surface area contributed by atoms with Crippen molar-refractivity contribution in [3.8, 4) is 6.01 Å². The van der Waals surface area contributed by atoms with Crippen LogP contribution in [0.5, 0.6) is 6.01 Å². The third-order valence-corrected chi connectivity index (χ3v) is 3.38. The molecule has 2 N–H and O–H groups in total. The Morgan fingerprint density at radius 1 is 1.42 bits per heavy atom. The monoisotopic (exact) mass is 264 g/mol. The van der Waals surface area contributed by atoms with Crippen LogP contribution < -0.4 is 10.5 Å². The first kappa shape index (κ1) is 13.7. The number of nitrogens with zero attached hydrogens (tertiary/aromatic N) is 3. The van der Waals surface area contributed by atoms with Crippen LogP contribution in [0.4, 0.5) is 0 Å². The minimum absolute atomic E-state index is 0.183. The molecule has 0 bridgehead atoms. The van der Waals surface area contributed by atoms with Gasteiger partial charge in [0.15, 0.2) is 0 Å². The molecule has 2 rings (SSSR count). The van der Waals surface area contributed by atoms with Crippen LogP contribution in [0.2, 0.25) is 0 Å². The molecular weight excluding hydrogens is 244 g/mol. The van der Waals surface area contributed by atoms with E-state index in [1.54, 1.807) is 12.4 Å². The van der Waals surface area contributed by atoms with Crippen LogP contribution >= 0.6 is 0 Å². The van der Waals surface area contributed by atoms with Gasteiger partial charge < -0.3 is 15.4 Å². The number of nitrogens with two attached hydrogens (primary N) is 1. The van der Waals surface area contributed by atoms with Gasteiger partial charge in [0, 0.05) is 37.9 Å². The van der Waals surface area contributed by atoms with Gasteiger partial charge in [0.2, 0.25) is 5.91 Å². The number of aromatic nitrogens is 2. The molecule has 1 aliphatic rings. The van der Waals surface area contributed by atoms with E-state index in [1.807, 2.05) is 4.90 Å². The van der Waals surface area contributed by atoms with Crippen LogP contribution in [0.1, 0.15) is 24.8 Å². The van der Waals surface area contributed by atoms with Gasteiger partial charge in [0.05, 0.1) is 7.11 Å². The molecule has 0 aromatic carbocycles. The highest BCUT2D eigenvalue weighted by atomic mass is 16.5. The Morgan fingerprint density at radius 3 is 2.63 bits per heavy atom. The van der Waals surface area contributed by atoms with Crippen LogP contribution in [0.3, 0.4) is 0 Å². The van der Waals surface area contributed by atoms with Crippen molar-refractivity contribution in [2.45, 2.75) is 31.7 Å². The second-order valence-corrected chi connectivity index (χ2v) is 4.80. The van der Waals surface area contributed by atoms with Gasteiger partial charge in [0.1, 0.15) is 0 Å². The normalized spacial score (nSPS) is 16.4. The number of carbonyl (C=O) groups excluding carboxylic acids is 1. The quantitative estimate of drug-likeness (QED) is 0.849. The number of piperidine rings is 1. The maximum absolute atomic E-state index is 12.0. The summed E-state index contributed by atoms with van der Waals surface area (Å²) in [6.07, 6.45) is 6.35. The summed E-state index contributed by atoms with van der Waals surface area (Å²) >= 11 is 0. The molecule has 1 aromatic rings. The van der Waals surface area contributed by atoms with Crippen molar-refractivity contribution in [3.05, 3.63) is 18.0 Å². The first-order valence-electron chi connectivity index (χ1n) is 6.57. The lowest BCUT2D eigenvalue weighted by molar-refractivity contribution is -0.132. The van der Waals surface area contributed by atoms with E-state index in [1.165, 1.54) is 7.11 Å². The number of carbonyl (C=O) groups is 1. The Hall–Kier alpha value is -1.69. The van der Waals surface area contributed by atoms with Crippen molar-refractivity contribution < 1.29 is 9.53 Å². The van der Waals surface area contributed by atoms with Crippen molar-refractivity contribution in [1.29, 1.82) is 0 Å². The number of amides is 1. The average Bonchev–Trinajstić information content (AvgIpc) is 2.46. The minimum atomic E-state index is 0.183. The highest BCUT2D eigenvalue weighted by molar-refractivity contribution is 5.76. The van der Waals surface area contributed by atoms with E-state index in [9.17, 15) is 4.79 Å². The molecule has 1 amide bonds. The molecule has 0 atom stereocenters. The lowest BCUT2D eigenvalue weighted by atomic mass is 10.1. The number of hydrogen-bond donors (Lipinski definition) is 1. The zero-order valence-electron chi connectivity index (χ0n) is 11.2. The topological polar surface area (TPSA) is 81.3 Å². The van der Waals surface area contributed by atoms with Crippen LogP contribution in [-0.4, -0.2) is 47.0 Å². The molecule has 6 heteroatoms. The van der Waals surface area contributed by atoms with Gasteiger partial charge in [-0.15, -0.1) is 0 Å². The fraction of sp³-hybridized carbons (Fsp3) is 0.615. The van der Waals surface area contributed by atoms with E-state index in [4.69, 9.17) is 10.5 Å². The molecule has 0 aliphatic carbocycles. The van der Waals surface area contributed by atoms with Gasteiger partial charge in [-0.05, 0) is 24.8 Å². The molecule has 1 fully saturated rings. The number of ether oxygens (including phenoxy) is 1. The number of methoxy groups -OCH3 is 1. The van der Waals surface area contributed by atoms with Crippen molar-refractivity contribution in [1.82, 2.24) is 14.9 Å². The summed E-state index contributed by atoms with van der Waals surface area (Å²) in [6.45, 7) is 1.55.